The molecule has 2 rings (SSSR count). The predicted molar refractivity (Wildman–Crippen MR) is 85.7 cm³/mol. The van der Waals surface area contributed by atoms with E-state index in [1.54, 1.807) is 32.2 Å². The smallest absolute Gasteiger partial charge is 0.339 e. The van der Waals surface area contributed by atoms with Crippen molar-refractivity contribution in [2.24, 2.45) is 0 Å². The zero-order chi connectivity index (χ0) is 17.9. The Balaban J connectivity index is 2.27. The number of hydrogen-bond acceptors (Lipinski definition) is 5. The molecular formula is C17H19NO6. The molecule has 0 fully saturated rings. The Hall–Kier alpha value is -2.96. The maximum absolute atomic E-state index is 12.7. The number of ether oxygens (including phenoxy) is 2. The number of methoxy groups -OCH3 is 2. The molecule has 0 atom stereocenters. The summed E-state index contributed by atoms with van der Waals surface area (Å²) in [5.74, 6) is 0.0852. The summed E-state index contributed by atoms with van der Waals surface area (Å²) in [4.78, 5) is 25.2. The molecule has 7 nitrogen and oxygen atoms in total. The minimum absolute atomic E-state index is 0.0840. The van der Waals surface area contributed by atoms with Crippen LogP contribution in [-0.2, 0) is 6.54 Å². The normalized spacial score (nSPS) is 10.3. The number of carbonyl (C=O) groups is 2. The third kappa shape index (κ3) is 3.34. The Morgan fingerprint density at radius 3 is 2.25 bits per heavy atom. The van der Waals surface area contributed by atoms with Gasteiger partial charge in [-0.25, -0.2) is 4.79 Å². The van der Waals surface area contributed by atoms with Gasteiger partial charge in [-0.15, -0.1) is 0 Å². The molecule has 0 bridgehead atoms. The van der Waals surface area contributed by atoms with Crippen molar-refractivity contribution in [1.29, 1.82) is 0 Å². The molecule has 128 valence electrons. The lowest BCUT2D eigenvalue weighted by molar-refractivity contribution is 0.0694. The number of carboxylic acid groups (broad SMARTS) is 1. The summed E-state index contributed by atoms with van der Waals surface area (Å²) in [5, 5.41) is 9.06. The molecular weight excluding hydrogens is 314 g/mol. The summed E-state index contributed by atoms with van der Waals surface area (Å²) >= 11 is 0. The summed E-state index contributed by atoms with van der Waals surface area (Å²) in [7, 11) is 4.54. The molecule has 0 saturated heterocycles. The number of carbonyl (C=O) groups excluding carboxylic acids is 1. The van der Waals surface area contributed by atoms with E-state index in [2.05, 4.69) is 0 Å². The van der Waals surface area contributed by atoms with Crippen LogP contribution in [0.5, 0.6) is 11.5 Å². The lowest BCUT2D eigenvalue weighted by Gasteiger charge is -2.19. The molecule has 0 saturated carbocycles. The highest BCUT2D eigenvalue weighted by molar-refractivity contribution is 5.99. The van der Waals surface area contributed by atoms with Crippen LogP contribution in [0, 0.1) is 6.92 Å². The lowest BCUT2D eigenvalue weighted by atomic mass is 10.1. The third-order valence-corrected chi connectivity index (χ3v) is 3.58. The summed E-state index contributed by atoms with van der Waals surface area (Å²) in [6.45, 7) is 1.69. The van der Waals surface area contributed by atoms with E-state index >= 15 is 0 Å². The van der Waals surface area contributed by atoms with Crippen LogP contribution < -0.4 is 9.47 Å². The van der Waals surface area contributed by atoms with E-state index in [9.17, 15) is 9.59 Å². The molecule has 0 unspecified atom stereocenters. The van der Waals surface area contributed by atoms with Crippen molar-refractivity contribution in [2.45, 2.75) is 13.5 Å². The quantitative estimate of drug-likeness (QED) is 0.874. The van der Waals surface area contributed by atoms with Crippen LogP contribution in [-0.4, -0.2) is 43.2 Å². The van der Waals surface area contributed by atoms with Gasteiger partial charge in [-0.3, -0.25) is 4.79 Å². The van der Waals surface area contributed by atoms with Crippen LogP contribution >= 0.6 is 0 Å². The molecule has 0 radical (unpaired) electrons. The van der Waals surface area contributed by atoms with Crippen molar-refractivity contribution in [3.8, 4) is 11.5 Å². The Morgan fingerprint density at radius 1 is 1.21 bits per heavy atom. The van der Waals surface area contributed by atoms with Crippen LogP contribution in [0.25, 0.3) is 0 Å². The number of hydrogen-bond donors (Lipinski definition) is 1. The van der Waals surface area contributed by atoms with Crippen molar-refractivity contribution in [3.05, 3.63) is 46.9 Å². The van der Waals surface area contributed by atoms with Crippen LogP contribution in [0.4, 0.5) is 0 Å². The van der Waals surface area contributed by atoms with Gasteiger partial charge in [-0.05, 0) is 25.1 Å². The molecule has 1 aromatic carbocycles. The first-order chi connectivity index (χ1) is 11.4. The van der Waals surface area contributed by atoms with E-state index in [1.807, 2.05) is 0 Å². The van der Waals surface area contributed by atoms with E-state index in [0.29, 0.717) is 28.6 Å². The maximum atomic E-state index is 12.7. The number of aryl methyl sites for hydroxylation is 1. The van der Waals surface area contributed by atoms with Crippen molar-refractivity contribution in [1.82, 2.24) is 4.90 Å². The number of benzene rings is 1. The van der Waals surface area contributed by atoms with Crippen LogP contribution in [0.1, 0.15) is 32.2 Å². The molecule has 0 aliphatic heterocycles. The van der Waals surface area contributed by atoms with Gasteiger partial charge < -0.3 is 23.9 Å². The standard InChI is InChI=1S/C17H19NO6/c1-10-12(17(20)21)8-11(24-10)9-18(2)16(19)15-13(22-3)6-5-7-14(15)23-4/h5-8H,9H2,1-4H3,(H,20,21). The molecule has 1 N–H and O–H groups in total. The average molecular weight is 333 g/mol. The molecule has 1 aromatic heterocycles. The van der Waals surface area contributed by atoms with Crippen LogP contribution in [0.2, 0.25) is 0 Å². The maximum Gasteiger partial charge on any atom is 0.339 e. The largest absolute Gasteiger partial charge is 0.496 e. The molecule has 1 heterocycles. The van der Waals surface area contributed by atoms with E-state index in [-0.39, 0.29) is 18.0 Å². The molecule has 24 heavy (non-hydrogen) atoms. The van der Waals surface area contributed by atoms with Gasteiger partial charge in [0.15, 0.2) is 0 Å². The van der Waals surface area contributed by atoms with Crippen molar-refractivity contribution in [2.75, 3.05) is 21.3 Å². The van der Waals surface area contributed by atoms with Crippen LogP contribution in [0.15, 0.2) is 28.7 Å². The predicted octanol–water partition coefficient (Wildman–Crippen LogP) is 2.58. The fourth-order valence-corrected chi connectivity index (χ4v) is 2.39. The zero-order valence-electron chi connectivity index (χ0n) is 14.0. The van der Waals surface area contributed by atoms with Crippen molar-refractivity contribution < 1.29 is 28.6 Å². The Kier molecular flexibility index (Phi) is 5.13. The van der Waals surface area contributed by atoms with E-state index < -0.39 is 5.97 Å². The number of aromatic carboxylic acids is 1. The number of carboxylic acids is 1. The highest BCUT2D eigenvalue weighted by atomic mass is 16.5. The highest BCUT2D eigenvalue weighted by Gasteiger charge is 2.23. The van der Waals surface area contributed by atoms with Gasteiger partial charge in [-0.2, -0.15) is 0 Å². The van der Waals surface area contributed by atoms with Gasteiger partial charge in [0.1, 0.15) is 34.1 Å². The van der Waals surface area contributed by atoms with E-state index in [0.717, 1.165) is 0 Å². The second-order valence-corrected chi connectivity index (χ2v) is 5.19. The summed E-state index contributed by atoms with van der Waals surface area (Å²) in [6, 6.07) is 6.48. The Morgan fingerprint density at radius 2 is 1.79 bits per heavy atom. The molecule has 0 aliphatic rings. The molecule has 7 heteroatoms. The molecule has 0 aliphatic carbocycles. The minimum atomic E-state index is -1.07. The van der Waals surface area contributed by atoms with Gasteiger partial charge >= 0.3 is 5.97 Å². The highest BCUT2D eigenvalue weighted by Crippen LogP contribution is 2.29. The van der Waals surface area contributed by atoms with Gasteiger partial charge in [0.2, 0.25) is 0 Å². The number of furan rings is 1. The van der Waals surface area contributed by atoms with Crippen molar-refractivity contribution in [3.63, 3.8) is 0 Å². The monoisotopic (exact) mass is 333 g/mol. The second kappa shape index (κ2) is 7.08. The van der Waals surface area contributed by atoms with Gasteiger partial charge in [0.25, 0.3) is 5.91 Å². The van der Waals surface area contributed by atoms with E-state index in [4.69, 9.17) is 19.0 Å². The van der Waals surface area contributed by atoms with Crippen LogP contribution in [0.3, 0.4) is 0 Å². The van der Waals surface area contributed by atoms with Crippen molar-refractivity contribution >= 4 is 11.9 Å². The fourth-order valence-electron chi connectivity index (χ4n) is 2.39. The second-order valence-electron chi connectivity index (χ2n) is 5.19. The first kappa shape index (κ1) is 17.4. The fraction of sp³-hybridized carbons (Fsp3) is 0.294. The minimum Gasteiger partial charge on any atom is -0.496 e. The summed E-state index contributed by atoms with van der Waals surface area (Å²) < 4.78 is 15.9. The lowest BCUT2D eigenvalue weighted by Crippen LogP contribution is -2.27. The first-order valence-electron chi connectivity index (χ1n) is 7.18. The van der Waals surface area contributed by atoms with Gasteiger partial charge in [0, 0.05) is 7.05 Å². The Bertz CT molecular complexity index is 742. The molecule has 1 amide bonds. The zero-order valence-corrected chi connectivity index (χ0v) is 14.0. The Labute approximate surface area is 139 Å². The third-order valence-electron chi connectivity index (χ3n) is 3.58. The number of nitrogens with zero attached hydrogens (tertiary/aromatic N) is 1. The van der Waals surface area contributed by atoms with E-state index in [1.165, 1.54) is 25.2 Å². The van der Waals surface area contributed by atoms with Gasteiger partial charge in [-0.1, -0.05) is 6.07 Å². The average Bonchev–Trinajstić information content (AvgIpc) is 2.93. The SMILES string of the molecule is COc1cccc(OC)c1C(=O)N(C)Cc1cc(C(=O)O)c(C)o1. The summed E-state index contributed by atoms with van der Waals surface area (Å²) in [6.07, 6.45) is 0. The number of amides is 1. The first-order valence-corrected chi connectivity index (χ1v) is 7.18. The van der Waals surface area contributed by atoms with Gasteiger partial charge in [0.05, 0.1) is 20.8 Å². The molecule has 2 aromatic rings. The number of rotatable bonds is 6. The topological polar surface area (TPSA) is 89.2 Å². The molecule has 0 spiro atoms. The summed E-state index contributed by atoms with van der Waals surface area (Å²) in [5.41, 5.74) is 0.382.